The van der Waals surface area contributed by atoms with Crippen LogP contribution in [0.3, 0.4) is 0 Å². The monoisotopic (exact) mass is 401 g/mol. The van der Waals surface area contributed by atoms with Crippen LogP contribution in [-0.2, 0) is 6.18 Å². The second-order valence-corrected chi connectivity index (χ2v) is 6.38. The van der Waals surface area contributed by atoms with Crippen molar-refractivity contribution < 1.29 is 18.0 Å². The van der Waals surface area contributed by atoms with Crippen molar-refractivity contribution in [2.45, 2.75) is 18.6 Å². The molecule has 3 N–H and O–H groups in total. The Morgan fingerprint density at radius 3 is 2.67 bits per heavy atom. The van der Waals surface area contributed by atoms with Crippen molar-refractivity contribution in [3.05, 3.63) is 51.4 Å². The molecule has 27 heavy (non-hydrogen) atoms. The second-order valence-electron chi connectivity index (χ2n) is 6.00. The molecule has 1 aliphatic heterocycles. The number of benzene rings is 1. The molecule has 1 aromatic carbocycles. The van der Waals surface area contributed by atoms with E-state index in [1.165, 1.54) is 18.3 Å². The topological polar surface area (TPSA) is 90.1 Å². The number of hydrogen-bond acceptors (Lipinski definition) is 4. The maximum absolute atomic E-state index is 12.5. The van der Waals surface area contributed by atoms with Gasteiger partial charge in [-0.25, -0.2) is 9.89 Å². The lowest BCUT2D eigenvalue weighted by Gasteiger charge is -2.19. The molecule has 3 rings (SSSR count). The number of aromatic amines is 1. The molecule has 11 heteroatoms. The van der Waals surface area contributed by atoms with Crippen molar-refractivity contribution >= 4 is 29.0 Å². The number of anilines is 2. The fourth-order valence-corrected chi connectivity index (χ4v) is 3.00. The van der Waals surface area contributed by atoms with Crippen LogP contribution in [0.1, 0.15) is 12.0 Å². The number of carbonyl (C=O) groups is 1. The van der Waals surface area contributed by atoms with Gasteiger partial charge in [0.05, 0.1) is 17.4 Å². The van der Waals surface area contributed by atoms with Gasteiger partial charge in [-0.05, 0) is 30.7 Å². The van der Waals surface area contributed by atoms with Crippen molar-refractivity contribution in [3.63, 3.8) is 0 Å². The number of hydrogen-bond donors (Lipinski definition) is 3. The number of urea groups is 1. The minimum atomic E-state index is -4.43. The number of nitrogens with zero attached hydrogens (tertiary/aromatic N) is 2. The van der Waals surface area contributed by atoms with E-state index in [0.29, 0.717) is 25.2 Å². The quantitative estimate of drug-likeness (QED) is 0.737. The van der Waals surface area contributed by atoms with Crippen LogP contribution < -0.4 is 21.1 Å². The van der Waals surface area contributed by atoms with Gasteiger partial charge in [0.1, 0.15) is 5.02 Å². The summed E-state index contributed by atoms with van der Waals surface area (Å²) in [6.07, 6.45) is -2.37. The van der Waals surface area contributed by atoms with Crippen molar-refractivity contribution in [1.29, 1.82) is 0 Å². The number of alkyl halides is 3. The normalized spacial score (nSPS) is 17.0. The largest absolute Gasteiger partial charge is 0.416 e. The number of halogens is 4. The van der Waals surface area contributed by atoms with Gasteiger partial charge in [0.15, 0.2) is 0 Å². The molecule has 0 spiro atoms. The Labute approximate surface area is 156 Å². The molecule has 0 aliphatic carbocycles. The van der Waals surface area contributed by atoms with E-state index < -0.39 is 23.3 Å². The molecule has 1 saturated heterocycles. The first kappa shape index (κ1) is 19.0. The van der Waals surface area contributed by atoms with Gasteiger partial charge in [0.2, 0.25) is 0 Å². The summed E-state index contributed by atoms with van der Waals surface area (Å²) in [5, 5.41) is 11.2. The van der Waals surface area contributed by atoms with Crippen LogP contribution >= 0.6 is 11.6 Å². The Morgan fingerprint density at radius 2 is 2.00 bits per heavy atom. The van der Waals surface area contributed by atoms with E-state index in [0.717, 1.165) is 12.1 Å². The molecule has 0 radical (unpaired) electrons. The van der Waals surface area contributed by atoms with Gasteiger partial charge < -0.3 is 15.5 Å². The number of nitrogens with one attached hydrogen (secondary N) is 3. The highest BCUT2D eigenvalue weighted by Crippen LogP contribution is 2.30. The lowest BCUT2D eigenvalue weighted by atomic mass is 10.2. The smallest absolute Gasteiger partial charge is 0.367 e. The van der Waals surface area contributed by atoms with E-state index in [-0.39, 0.29) is 16.8 Å². The minimum absolute atomic E-state index is 0.0276. The molecule has 1 aliphatic rings. The first-order valence-electron chi connectivity index (χ1n) is 7.97. The zero-order chi connectivity index (χ0) is 19.6. The summed E-state index contributed by atoms with van der Waals surface area (Å²) in [5.74, 6) is 0. The summed E-state index contributed by atoms with van der Waals surface area (Å²) in [4.78, 5) is 25.4. The Bertz CT molecular complexity index is 885. The zero-order valence-corrected chi connectivity index (χ0v) is 14.6. The van der Waals surface area contributed by atoms with Crippen molar-refractivity contribution in [3.8, 4) is 0 Å². The molecular weight excluding hydrogens is 387 g/mol. The van der Waals surface area contributed by atoms with Gasteiger partial charge in [-0.15, -0.1) is 0 Å². The van der Waals surface area contributed by atoms with Crippen LogP contribution in [0.5, 0.6) is 0 Å². The minimum Gasteiger partial charge on any atom is -0.367 e. The van der Waals surface area contributed by atoms with Crippen LogP contribution in [0.15, 0.2) is 35.3 Å². The average Bonchev–Trinajstić information content (AvgIpc) is 3.05. The zero-order valence-electron chi connectivity index (χ0n) is 13.8. The highest BCUT2D eigenvalue weighted by Gasteiger charge is 2.30. The first-order valence-corrected chi connectivity index (χ1v) is 8.35. The van der Waals surface area contributed by atoms with E-state index in [1.807, 2.05) is 4.90 Å². The Morgan fingerprint density at radius 1 is 1.30 bits per heavy atom. The van der Waals surface area contributed by atoms with Crippen LogP contribution in [-0.4, -0.2) is 35.4 Å². The summed E-state index contributed by atoms with van der Waals surface area (Å²) in [7, 11) is 0. The number of rotatable bonds is 3. The highest BCUT2D eigenvalue weighted by atomic mass is 35.5. The van der Waals surface area contributed by atoms with E-state index >= 15 is 0 Å². The molecule has 2 aromatic rings. The lowest BCUT2D eigenvalue weighted by Crippen LogP contribution is -2.39. The molecular formula is C16H15ClF3N5O2. The fourth-order valence-electron chi connectivity index (χ4n) is 2.79. The maximum Gasteiger partial charge on any atom is 0.416 e. The number of amides is 2. The van der Waals surface area contributed by atoms with E-state index in [4.69, 9.17) is 11.6 Å². The summed E-state index contributed by atoms with van der Waals surface area (Å²) >= 11 is 5.97. The summed E-state index contributed by atoms with van der Waals surface area (Å²) < 4.78 is 37.6. The number of aromatic nitrogens is 2. The molecule has 0 bridgehead atoms. The van der Waals surface area contributed by atoms with Crippen molar-refractivity contribution in [1.82, 2.24) is 15.5 Å². The molecule has 1 atom stereocenters. The molecule has 1 aromatic heterocycles. The van der Waals surface area contributed by atoms with Crippen LogP contribution in [0.4, 0.5) is 29.3 Å². The second kappa shape index (κ2) is 7.47. The van der Waals surface area contributed by atoms with Crippen molar-refractivity contribution in [2.75, 3.05) is 23.3 Å². The fraction of sp³-hybridized carbons (Fsp3) is 0.312. The Hall–Kier alpha value is -2.75. The maximum atomic E-state index is 12.5. The molecule has 144 valence electrons. The molecule has 2 heterocycles. The van der Waals surface area contributed by atoms with Gasteiger partial charge in [-0.1, -0.05) is 11.6 Å². The Kier molecular flexibility index (Phi) is 5.26. The van der Waals surface area contributed by atoms with Crippen LogP contribution in [0.25, 0.3) is 0 Å². The van der Waals surface area contributed by atoms with Gasteiger partial charge >= 0.3 is 12.2 Å². The Balaban J connectivity index is 1.56. The molecule has 1 unspecified atom stereocenters. The summed E-state index contributed by atoms with van der Waals surface area (Å²) in [6, 6.07) is 3.42. The third-order valence-corrected chi connectivity index (χ3v) is 4.48. The third kappa shape index (κ3) is 4.51. The van der Waals surface area contributed by atoms with Gasteiger partial charge in [0.25, 0.3) is 5.56 Å². The predicted molar refractivity (Wildman–Crippen MR) is 94.1 cm³/mol. The first-order chi connectivity index (χ1) is 12.7. The molecule has 1 fully saturated rings. The SMILES string of the molecule is O=C(Nc1ccc(C(F)(F)F)cc1)NC1CCN(c2cn[nH]c(=O)c2Cl)C1. The van der Waals surface area contributed by atoms with Gasteiger partial charge in [-0.2, -0.15) is 18.3 Å². The predicted octanol–water partition coefficient (Wildman–Crippen LogP) is 2.84. The molecule has 2 amide bonds. The van der Waals surface area contributed by atoms with Crippen molar-refractivity contribution in [2.24, 2.45) is 0 Å². The number of H-pyrrole nitrogens is 1. The third-order valence-electron chi connectivity index (χ3n) is 4.11. The average molecular weight is 402 g/mol. The van der Waals surface area contributed by atoms with Gasteiger partial charge in [-0.3, -0.25) is 4.79 Å². The lowest BCUT2D eigenvalue weighted by molar-refractivity contribution is -0.137. The highest BCUT2D eigenvalue weighted by molar-refractivity contribution is 6.33. The van der Waals surface area contributed by atoms with E-state index in [2.05, 4.69) is 20.8 Å². The molecule has 0 saturated carbocycles. The standard InChI is InChI=1S/C16H15ClF3N5O2/c17-13-12(7-21-24-14(13)26)25-6-5-11(8-25)23-15(27)22-10-3-1-9(2-4-10)16(18,19)20/h1-4,7,11H,5-6,8H2,(H,24,26)(H2,22,23,27). The molecule has 7 nitrogen and oxygen atoms in total. The summed E-state index contributed by atoms with van der Waals surface area (Å²) in [6.45, 7) is 0.987. The van der Waals surface area contributed by atoms with Crippen LogP contribution in [0.2, 0.25) is 5.02 Å². The van der Waals surface area contributed by atoms with Gasteiger partial charge in [0, 0.05) is 24.8 Å². The number of carbonyl (C=O) groups excluding carboxylic acids is 1. The van der Waals surface area contributed by atoms with Crippen LogP contribution in [0, 0.1) is 0 Å². The van der Waals surface area contributed by atoms with E-state index in [9.17, 15) is 22.8 Å². The summed E-state index contributed by atoms with van der Waals surface area (Å²) in [5.41, 5.74) is -0.557. The van der Waals surface area contributed by atoms with E-state index in [1.54, 1.807) is 0 Å².